The van der Waals surface area contributed by atoms with Crippen LogP contribution in [0.2, 0.25) is 0 Å². The Balaban J connectivity index is 1.40. The highest BCUT2D eigenvalue weighted by molar-refractivity contribution is 5.30. The molecule has 1 aromatic rings. The Morgan fingerprint density at radius 2 is 1.90 bits per heavy atom. The molecule has 29 heavy (non-hydrogen) atoms. The van der Waals surface area contributed by atoms with Crippen molar-refractivity contribution in [3.05, 3.63) is 42.0 Å². The predicted octanol–water partition coefficient (Wildman–Crippen LogP) is 6.20. The summed E-state index contributed by atoms with van der Waals surface area (Å²) < 4.78 is 45.4. The molecule has 0 N–H and O–H groups in total. The zero-order valence-corrected chi connectivity index (χ0v) is 17.5. The van der Waals surface area contributed by atoms with Gasteiger partial charge in [0.15, 0.2) is 11.6 Å². The van der Waals surface area contributed by atoms with Gasteiger partial charge in [-0.15, -0.1) is 6.58 Å². The molecule has 1 saturated heterocycles. The van der Waals surface area contributed by atoms with Crippen LogP contribution in [0.15, 0.2) is 24.8 Å². The molecule has 2 unspecified atom stereocenters. The summed E-state index contributed by atoms with van der Waals surface area (Å²) in [6.45, 7) is 6.80. The Kier molecular flexibility index (Phi) is 8.49. The second-order valence-electron chi connectivity index (χ2n) is 8.31. The van der Waals surface area contributed by atoms with Crippen molar-refractivity contribution in [1.29, 1.82) is 0 Å². The molecule has 1 heterocycles. The van der Waals surface area contributed by atoms with Gasteiger partial charge in [-0.05, 0) is 82.3 Å². The van der Waals surface area contributed by atoms with E-state index in [1.165, 1.54) is 18.9 Å². The van der Waals surface area contributed by atoms with Gasteiger partial charge in [0.05, 0.1) is 25.4 Å². The van der Waals surface area contributed by atoms with Crippen LogP contribution in [-0.2, 0) is 16.1 Å². The van der Waals surface area contributed by atoms with E-state index in [2.05, 4.69) is 6.58 Å². The maximum absolute atomic E-state index is 14.2. The van der Waals surface area contributed by atoms with Crippen molar-refractivity contribution >= 4 is 0 Å². The van der Waals surface area contributed by atoms with Crippen LogP contribution in [0.25, 0.3) is 0 Å². The summed E-state index contributed by atoms with van der Waals surface area (Å²) in [7, 11) is 0. The molecule has 162 valence electrons. The Hall–Kier alpha value is -1.46. The van der Waals surface area contributed by atoms with Gasteiger partial charge in [-0.25, -0.2) is 4.39 Å². The monoisotopic (exact) mass is 408 g/mol. The van der Waals surface area contributed by atoms with Gasteiger partial charge >= 0.3 is 0 Å². The van der Waals surface area contributed by atoms with E-state index in [4.69, 9.17) is 14.2 Å². The molecular formula is C24H34F2O3. The number of benzene rings is 1. The smallest absolute Gasteiger partial charge is 0.200 e. The van der Waals surface area contributed by atoms with Crippen molar-refractivity contribution in [2.24, 2.45) is 11.8 Å². The SMILES string of the molecule is C=CCCC1CCC(C2CCC(OCc3ccc(OCC)c(F)c3F)CC2)OC1. The zero-order chi connectivity index (χ0) is 20.6. The van der Waals surface area contributed by atoms with Crippen molar-refractivity contribution in [3.8, 4) is 5.75 Å². The number of halogens is 2. The molecule has 1 saturated carbocycles. The molecule has 3 nitrogen and oxygen atoms in total. The molecule has 0 radical (unpaired) electrons. The standard InChI is InChI=1S/C24H34F2O3/c1-3-5-6-17-7-13-21(29-15-17)18-8-11-20(12-9-18)28-16-19-10-14-22(27-4-2)24(26)23(19)25/h3,10,14,17-18,20-21H,1,4-9,11-13,15-16H2,2H3. The van der Waals surface area contributed by atoms with Crippen molar-refractivity contribution in [2.75, 3.05) is 13.2 Å². The number of rotatable bonds is 9. The van der Waals surface area contributed by atoms with Crippen LogP contribution in [-0.4, -0.2) is 25.4 Å². The number of hydrogen-bond donors (Lipinski definition) is 0. The molecule has 0 bridgehead atoms. The van der Waals surface area contributed by atoms with Gasteiger partial charge in [-0.3, -0.25) is 0 Å². The molecule has 0 spiro atoms. The zero-order valence-electron chi connectivity index (χ0n) is 17.5. The van der Waals surface area contributed by atoms with Gasteiger partial charge in [-0.1, -0.05) is 6.08 Å². The van der Waals surface area contributed by atoms with Crippen molar-refractivity contribution in [3.63, 3.8) is 0 Å². The average molecular weight is 409 g/mol. The fourth-order valence-corrected chi connectivity index (χ4v) is 4.56. The van der Waals surface area contributed by atoms with Gasteiger partial charge in [0, 0.05) is 12.2 Å². The van der Waals surface area contributed by atoms with Crippen LogP contribution < -0.4 is 4.74 Å². The summed E-state index contributed by atoms with van der Waals surface area (Å²) in [6.07, 6.45) is 11.2. The molecule has 3 rings (SSSR count). The lowest BCUT2D eigenvalue weighted by atomic mass is 9.80. The van der Waals surface area contributed by atoms with Gasteiger partial charge in [-0.2, -0.15) is 4.39 Å². The highest BCUT2D eigenvalue weighted by Crippen LogP contribution is 2.36. The molecular weight excluding hydrogens is 374 g/mol. The Labute approximate surface area is 173 Å². The largest absolute Gasteiger partial charge is 0.491 e. The van der Waals surface area contributed by atoms with E-state index in [0.717, 1.165) is 45.1 Å². The number of hydrogen-bond acceptors (Lipinski definition) is 3. The first-order chi connectivity index (χ1) is 14.1. The van der Waals surface area contributed by atoms with E-state index >= 15 is 0 Å². The summed E-state index contributed by atoms with van der Waals surface area (Å²) in [5.41, 5.74) is 0.245. The first-order valence-corrected chi connectivity index (χ1v) is 11.1. The van der Waals surface area contributed by atoms with E-state index in [1.54, 1.807) is 13.0 Å². The molecule has 1 aliphatic heterocycles. The summed E-state index contributed by atoms with van der Waals surface area (Å²) in [5, 5.41) is 0. The van der Waals surface area contributed by atoms with E-state index in [9.17, 15) is 8.78 Å². The molecule has 0 amide bonds. The fraction of sp³-hybridized carbons (Fsp3) is 0.667. The van der Waals surface area contributed by atoms with Gasteiger partial charge < -0.3 is 14.2 Å². The quantitative estimate of drug-likeness (QED) is 0.455. The topological polar surface area (TPSA) is 27.7 Å². The second-order valence-corrected chi connectivity index (χ2v) is 8.31. The molecule has 1 aromatic carbocycles. The van der Waals surface area contributed by atoms with Crippen LogP contribution in [0.4, 0.5) is 8.78 Å². The molecule has 0 aromatic heterocycles. The predicted molar refractivity (Wildman–Crippen MR) is 110 cm³/mol. The number of allylic oxidation sites excluding steroid dienone is 1. The van der Waals surface area contributed by atoms with E-state index < -0.39 is 11.6 Å². The first-order valence-electron chi connectivity index (χ1n) is 11.1. The summed E-state index contributed by atoms with van der Waals surface area (Å²) in [4.78, 5) is 0. The minimum absolute atomic E-state index is 0.0477. The summed E-state index contributed by atoms with van der Waals surface area (Å²) in [6, 6.07) is 3.02. The average Bonchev–Trinajstić information content (AvgIpc) is 2.76. The molecule has 1 aliphatic carbocycles. The second kappa shape index (κ2) is 11.1. The first kappa shape index (κ1) is 22.2. The van der Waals surface area contributed by atoms with Gasteiger partial charge in [0.25, 0.3) is 0 Å². The normalized spacial score (nSPS) is 27.6. The lowest BCUT2D eigenvalue weighted by molar-refractivity contribution is -0.0724. The van der Waals surface area contributed by atoms with Crippen LogP contribution in [0, 0.1) is 23.5 Å². The van der Waals surface area contributed by atoms with Gasteiger partial charge in [0.2, 0.25) is 5.82 Å². The van der Waals surface area contributed by atoms with Crippen molar-refractivity contribution in [1.82, 2.24) is 0 Å². The molecule has 2 fully saturated rings. The maximum atomic E-state index is 14.2. The summed E-state index contributed by atoms with van der Waals surface area (Å²) >= 11 is 0. The third kappa shape index (κ3) is 6.02. The Morgan fingerprint density at radius 1 is 1.10 bits per heavy atom. The van der Waals surface area contributed by atoms with E-state index in [-0.39, 0.29) is 24.0 Å². The van der Waals surface area contributed by atoms with Crippen LogP contribution in [0.1, 0.15) is 63.9 Å². The minimum Gasteiger partial charge on any atom is -0.491 e. The lowest BCUT2D eigenvalue weighted by Gasteiger charge is -2.37. The van der Waals surface area contributed by atoms with Gasteiger partial charge in [0.1, 0.15) is 0 Å². The molecule has 2 atom stereocenters. The Bertz CT molecular complexity index is 648. The molecule has 5 heteroatoms. The highest BCUT2D eigenvalue weighted by Gasteiger charge is 2.32. The Morgan fingerprint density at radius 3 is 2.55 bits per heavy atom. The van der Waals surface area contributed by atoms with Crippen LogP contribution >= 0.6 is 0 Å². The third-order valence-corrected chi connectivity index (χ3v) is 6.33. The minimum atomic E-state index is -0.933. The van der Waals surface area contributed by atoms with E-state index in [0.29, 0.717) is 24.5 Å². The van der Waals surface area contributed by atoms with Crippen molar-refractivity contribution in [2.45, 2.75) is 77.1 Å². The van der Waals surface area contributed by atoms with Crippen LogP contribution in [0.5, 0.6) is 5.75 Å². The molecule has 2 aliphatic rings. The lowest BCUT2D eigenvalue weighted by Crippen LogP contribution is -2.35. The van der Waals surface area contributed by atoms with Crippen LogP contribution in [0.3, 0.4) is 0 Å². The fourth-order valence-electron chi connectivity index (χ4n) is 4.56. The summed E-state index contributed by atoms with van der Waals surface area (Å²) in [5.74, 6) is -0.583. The van der Waals surface area contributed by atoms with Crippen molar-refractivity contribution < 1.29 is 23.0 Å². The van der Waals surface area contributed by atoms with E-state index in [1.807, 2.05) is 6.08 Å². The number of ether oxygens (including phenoxy) is 3. The maximum Gasteiger partial charge on any atom is 0.200 e. The highest BCUT2D eigenvalue weighted by atomic mass is 19.2. The third-order valence-electron chi connectivity index (χ3n) is 6.33.